The average molecular weight is 252 g/mol. The van der Waals surface area contributed by atoms with Crippen LogP contribution in [-0.2, 0) is 0 Å². The first kappa shape index (κ1) is 14.4. The van der Waals surface area contributed by atoms with E-state index in [1.54, 1.807) is 0 Å². The highest BCUT2D eigenvalue weighted by molar-refractivity contribution is 7.17. The molecule has 0 aromatic carbocycles. The molecule has 0 N–H and O–H groups in total. The summed E-state index contributed by atoms with van der Waals surface area (Å²) in [6.45, 7) is 10.7. The first-order valence-corrected chi connectivity index (χ1v) is 7.32. The summed E-state index contributed by atoms with van der Waals surface area (Å²) in [6, 6.07) is 2.26. The molecule has 2 atom stereocenters. The van der Waals surface area contributed by atoms with Gasteiger partial charge in [0.05, 0.1) is 0 Å². The first-order chi connectivity index (χ1) is 8.18. The Balaban J connectivity index is 0.000000686. The highest BCUT2D eigenvalue weighted by Crippen LogP contribution is 2.27. The van der Waals surface area contributed by atoms with E-state index in [-0.39, 0.29) is 0 Å². The van der Waals surface area contributed by atoms with Crippen molar-refractivity contribution in [2.75, 3.05) is 18.0 Å². The van der Waals surface area contributed by atoms with Crippen molar-refractivity contribution in [2.45, 2.75) is 46.2 Å². The van der Waals surface area contributed by atoms with E-state index in [0.717, 1.165) is 0 Å². The molecule has 1 aliphatic heterocycles. The zero-order chi connectivity index (χ0) is 12.8. The standard InChI is InChI=1S/C12H19N2P.C2H6/c1-9-7-11(10(2)15)8-13-12(9)14-5-3-4-6-14;1-2/h7-8,10H,3-6,15H2,1-2H3;1-2H3. The molecular weight excluding hydrogens is 227 g/mol. The molecule has 2 nitrogen and oxygen atoms in total. The van der Waals surface area contributed by atoms with Gasteiger partial charge in [0, 0.05) is 19.3 Å². The summed E-state index contributed by atoms with van der Waals surface area (Å²) in [4.78, 5) is 6.99. The van der Waals surface area contributed by atoms with Crippen molar-refractivity contribution in [3.05, 3.63) is 23.4 Å². The van der Waals surface area contributed by atoms with Gasteiger partial charge in [0.25, 0.3) is 0 Å². The molecule has 2 heterocycles. The van der Waals surface area contributed by atoms with Crippen molar-refractivity contribution >= 4 is 15.1 Å². The molecule has 1 aliphatic rings. The van der Waals surface area contributed by atoms with Crippen LogP contribution >= 0.6 is 9.24 Å². The fourth-order valence-corrected chi connectivity index (χ4v) is 2.28. The maximum atomic E-state index is 4.59. The molecule has 1 aromatic rings. The first-order valence-electron chi connectivity index (χ1n) is 6.65. The van der Waals surface area contributed by atoms with Crippen LogP contribution < -0.4 is 4.90 Å². The topological polar surface area (TPSA) is 16.1 Å². The summed E-state index contributed by atoms with van der Waals surface area (Å²) in [5.74, 6) is 1.18. The number of rotatable bonds is 2. The molecule has 17 heavy (non-hydrogen) atoms. The van der Waals surface area contributed by atoms with Crippen molar-refractivity contribution in [1.82, 2.24) is 4.98 Å². The average Bonchev–Trinajstić information content (AvgIpc) is 2.85. The van der Waals surface area contributed by atoms with Crippen LogP contribution in [0.25, 0.3) is 0 Å². The second-order valence-electron chi connectivity index (χ2n) is 4.39. The van der Waals surface area contributed by atoms with Crippen LogP contribution in [0, 0.1) is 6.92 Å². The molecule has 2 unspecified atom stereocenters. The Morgan fingerprint density at radius 1 is 1.29 bits per heavy atom. The van der Waals surface area contributed by atoms with E-state index in [1.165, 1.54) is 42.9 Å². The lowest BCUT2D eigenvalue weighted by Gasteiger charge is -2.19. The second kappa shape index (κ2) is 6.96. The summed E-state index contributed by atoms with van der Waals surface area (Å²) in [5.41, 5.74) is 3.10. The molecule has 0 aliphatic carbocycles. The molecule has 0 radical (unpaired) electrons. The van der Waals surface area contributed by atoms with Gasteiger partial charge in [0.2, 0.25) is 0 Å². The summed E-state index contributed by atoms with van der Waals surface area (Å²) < 4.78 is 0. The summed E-state index contributed by atoms with van der Waals surface area (Å²) in [5, 5.41) is 0. The van der Waals surface area contributed by atoms with Crippen LogP contribution in [0.1, 0.15) is 50.4 Å². The normalized spacial score (nSPS) is 16.4. The third kappa shape index (κ3) is 3.67. The van der Waals surface area contributed by atoms with E-state index in [4.69, 9.17) is 0 Å². The van der Waals surface area contributed by atoms with Crippen molar-refractivity contribution in [1.29, 1.82) is 0 Å². The van der Waals surface area contributed by atoms with Crippen molar-refractivity contribution in [3.63, 3.8) is 0 Å². The van der Waals surface area contributed by atoms with E-state index in [0.29, 0.717) is 5.66 Å². The minimum atomic E-state index is 0.490. The fraction of sp³-hybridized carbons (Fsp3) is 0.643. The lowest BCUT2D eigenvalue weighted by Crippen LogP contribution is -2.20. The van der Waals surface area contributed by atoms with Gasteiger partial charge in [-0.25, -0.2) is 4.98 Å². The number of pyridine rings is 1. The Kier molecular flexibility index (Phi) is 5.91. The van der Waals surface area contributed by atoms with Gasteiger partial charge < -0.3 is 4.90 Å². The summed E-state index contributed by atoms with van der Waals surface area (Å²) in [6.07, 6.45) is 4.63. The molecule has 0 saturated carbocycles. The molecule has 0 bridgehead atoms. The van der Waals surface area contributed by atoms with Gasteiger partial charge in [0.15, 0.2) is 0 Å². The lowest BCUT2D eigenvalue weighted by atomic mass is 10.1. The number of hydrogen-bond donors (Lipinski definition) is 0. The predicted octanol–water partition coefficient (Wildman–Crippen LogP) is 3.95. The minimum Gasteiger partial charge on any atom is -0.356 e. The summed E-state index contributed by atoms with van der Waals surface area (Å²) in [7, 11) is 2.82. The van der Waals surface area contributed by atoms with Gasteiger partial charge in [-0.1, -0.05) is 26.8 Å². The molecule has 1 saturated heterocycles. The summed E-state index contributed by atoms with van der Waals surface area (Å²) >= 11 is 0. The third-order valence-electron chi connectivity index (χ3n) is 3.00. The minimum absolute atomic E-state index is 0.490. The molecular formula is C14H25N2P. The van der Waals surface area contributed by atoms with Gasteiger partial charge in [-0.15, -0.1) is 9.24 Å². The van der Waals surface area contributed by atoms with Crippen LogP contribution in [0.5, 0.6) is 0 Å². The van der Waals surface area contributed by atoms with Crippen LogP contribution in [0.2, 0.25) is 0 Å². The molecule has 1 fully saturated rings. The van der Waals surface area contributed by atoms with E-state index < -0.39 is 0 Å². The smallest absolute Gasteiger partial charge is 0.131 e. The van der Waals surface area contributed by atoms with E-state index in [1.807, 2.05) is 20.0 Å². The Bertz CT molecular complexity index is 344. The van der Waals surface area contributed by atoms with Crippen LogP contribution in [-0.4, -0.2) is 18.1 Å². The number of nitrogens with zero attached hydrogens (tertiary/aromatic N) is 2. The molecule has 96 valence electrons. The number of anilines is 1. The Labute approximate surface area is 108 Å². The molecule has 2 rings (SSSR count). The fourth-order valence-electron chi connectivity index (χ4n) is 2.10. The number of hydrogen-bond acceptors (Lipinski definition) is 2. The molecule has 3 heteroatoms. The Hall–Kier alpha value is -0.620. The third-order valence-corrected chi connectivity index (χ3v) is 3.39. The van der Waals surface area contributed by atoms with E-state index >= 15 is 0 Å². The highest BCUT2D eigenvalue weighted by atomic mass is 31.0. The monoisotopic (exact) mass is 252 g/mol. The highest BCUT2D eigenvalue weighted by Gasteiger charge is 2.15. The molecule has 1 aromatic heterocycles. The second-order valence-corrected chi connectivity index (χ2v) is 5.39. The van der Waals surface area contributed by atoms with Gasteiger partial charge in [-0.05, 0) is 36.6 Å². The van der Waals surface area contributed by atoms with E-state index in [9.17, 15) is 0 Å². The van der Waals surface area contributed by atoms with Gasteiger partial charge in [-0.2, -0.15) is 0 Å². The maximum Gasteiger partial charge on any atom is 0.131 e. The van der Waals surface area contributed by atoms with Crippen LogP contribution in [0.4, 0.5) is 5.82 Å². The zero-order valence-electron chi connectivity index (χ0n) is 11.5. The van der Waals surface area contributed by atoms with Crippen molar-refractivity contribution in [3.8, 4) is 0 Å². The van der Waals surface area contributed by atoms with Gasteiger partial charge in [-0.3, -0.25) is 0 Å². The van der Waals surface area contributed by atoms with Gasteiger partial charge >= 0.3 is 0 Å². The van der Waals surface area contributed by atoms with Crippen molar-refractivity contribution < 1.29 is 0 Å². The Morgan fingerprint density at radius 3 is 2.35 bits per heavy atom. The van der Waals surface area contributed by atoms with Crippen LogP contribution in [0.3, 0.4) is 0 Å². The van der Waals surface area contributed by atoms with E-state index in [2.05, 4.69) is 39.0 Å². The Morgan fingerprint density at radius 2 is 1.88 bits per heavy atom. The predicted molar refractivity (Wildman–Crippen MR) is 79.9 cm³/mol. The molecule has 0 spiro atoms. The lowest BCUT2D eigenvalue weighted by molar-refractivity contribution is 0.919. The quantitative estimate of drug-likeness (QED) is 0.741. The SMILES string of the molecule is CC.Cc1cc(C(C)P)cnc1N1CCCC1. The largest absolute Gasteiger partial charge is 0.356 e. The molecule has 0 amide bonds. The van der Waals surface area contributed by atoms with Gasteiger partial charge in [0.1, 0.15) is 5.82 Å². The number of aromatic nitrogens is 1. The zero-order valence-corrected chi connectivity index (χ0v) is 12.7. The van der Waals surface area contributed by atoms with Crippen molar-refractivity contribution in [2.24, 2.45) is 0 Å². The van der Waals surface area contributed by atoms with Crippen LogP contribution in [0.15, 0.2) is 12.3 Å². The maximum absolute atomic E-state index is 4.59. The number of aryl methyl sites for hydroxylation is 1.